The van der Waals surface area contributed by atoms with Crippen LogP contribution in [0.3, 0.4) is 0 Å². The Labute approximate surface area is 207 Å². The Morgan fingerprint density at radius 1 is 0.943 bits per heavy atom. The van der Waals surface area contributed by atoms with Crippen LogP contribution in [0.5, 0.6) is 0 Å². The van der Waals surface area contributed by atoms with Crippen LogP contribution in [0.25, 0.3) is 43.7 Å². The van der Waals surface area contributed by atoms with E-state index < -0.39 is 0 Å². The SMILES string of the molecule is N#CC1=C(n2c3ccccc3c3ccccc32)C(C2C=Cc3sc4ccc(N)cc4c3C2)=CCC1. The summed E-state index contributed by atoms with van der Waals surface area (Å²) in [5, 5.41) is 13.9. The molecule has 0 saturated carbocycles. The first-order valence-electron chi connectivity index (χ1n) is 12.0. The summed E-state index contributed by atoms with van der Waals surface area (Å²) in [6, 6.07) is 25.9. The standard InChI is InChI=1S/C31H23N3S/c32-18-20-6-5-9-22(19-12-14-29-25(16-19)26-17-21(33)13-15-30(26)35-29)31(20)34-27-10-3-1-7-23(27)24-8-2-4-11-28(24)34/h1-4,7-15,17,19H,5-6,16,33H2. The van der Waals surface area contributed by atoms with E-state index in [0.29, 0.717) is 0 Å². The highest BCUT2D eigenvalue weighted by Crippen LogP contribution is 2.45. The first-order valence-corrected chi connectivity index (χ1v) is 12.9. The second-order valence-electron chi connectivity index (χ2n) is 9.38. The Morgan fingerprint density at radius 2 is 1.69 bits per heavy atom. The van der Waals surface area contributed by atoms with Crippen molar-refractivity contribution >= 4 is 60.7 Å². The van der Waals surface area contributed by atoms with Crippen LogP contribution in [-0.2, 0) is 6.42 Å². The summed E-state index contributed by atoms with van der Waals surface area (Å²) in [5.41, 5.74) is 13.8. The van der Waals surface area contributed by atoms with Crippen LogP contribution in [0.4, 0.5) is 5.69 Å². The van der Waals surface area contributed by atoms with Gasteiger partial charge in [0.05, 0.1) is 28.4 Å². The molecule has 3 nitrogen and oxygen atoms in total. The molecule has 0 spiro atoms. The molecule has 2 aromatic heterocycles. The molecule has 0 bridgehead atoms. The quantitative estimate of drug-likeness (QED) is 0.267. The number of benzene rings is 3. The number of nitrogen functional groups attached to an aromatic ring is 1. The third-order valence-corrected chi connectivity index (χ3v) is 8.58. The fourth-order valence-corrected chi connectivity index (χ4v) is 6.99. The number of allylic oxidation sites excluding steroid dienone is 5. The van der Waals surface area contributed by atoms with Crippen LogP contribution in [-0.4, -0.2) is 4.57 Å². The topological polar surface area (TPSA) is 54.7 Å². The van der Waals surface area contributed by atoms with Crippen molar-refractivity contribution in [2.45, 2.75) is 19.3 Å². The van der Waals surface area contributed by atoms with Crippen LogP contribution in [0.15, 0.2) is 90.0 Å². The zero-order valence-electron chi connectivity index (χ0n) is 19.2. The van der Waals surface area contributed by atoms with E-state index in [0.717, 1.165) is 47.3 Å². The lowest BCUT2D eigenvalue weighted by Gasteiger charge is -2.28. The molecule has 7 rings (SSSR count). The van der Waals surface area contributed by atoms with Gasteiger partial charge in [0, 0.05) is 32.0 Å². The molecule has 0 aliphatic heterocycles. The van der Waals surface area contributed by atoms with E-state index in [9.17, 15) is 5.26 Å². The first kappa shape index (κ1) is 20.3. The number of para-hydroxylation sites is 2. The molecule has 2 aliphatic carbocycles. The number of fused-ring (bicyclic) bond motifs is 6. The fraction of sp³-hybridized carbons (Fsp3) is 0.129. The van der Waals surface area contributed by atoms with E-state index in [2.05, 4.69) is 89.5 Å². The molecule has 2 aliphatic rings. The molecule has 3 aromatic carbocycles. The lowest BCUT2D eigenvalue weighted by molar-refractivity contribution is 0.750. The first-order chi connectivity index (χ1) is 17.2. The fourth-order valence-electron chi connectivity index (χ4n) is 5.86. The Bertz CT molecular complexity index is 1750. The van der Waals surface area contributed by atoms with Gasteiger partial charge >= 0.3 is 0 Å². The number of thiophene rings is 1. The second-order valence-corrected chi connectivity index (χ2v) is 10.5. The van der Waals surface area contributed by atoms with Gasteiger partial charge in [0.15, 0.2) is 0 Å². The monoisotopic (exact) mass is 469 g/mol. The summed E-state index contributed by atoms with van der Waals surface area (Å²) < 4.78 is 3.62. The van der Waals surface area contributed by atoms with Gasteiger partial charge in [-0.25, -0.2) is 0 Å². The summed E-state index contributed by atoms with van der Waals surface area (Å²) in [6.07, 6.45) is 9.56. The average molecular weight is 470 g/mol. The minimum absolute atomic E-state index is 0.209. The van der Waals surface area contributed by atoms with Crippen molar-refractivity contribution in [3.05, 3.63) is 100 Å². The number of hydrogen-bond donors (Lipinski definition) is 1. The lowest BCUT2D eigenvalue weighted by atomic mass is 9.81. The summed E-state index contributed by atoms with van der Waals surface area (Å²) in [7, 11) is 0. The number of nitrogens with zero attached hydrogens (tertiary/aromatic N) is 2. The van der Waals surface area contributed by atoms with Crippen molar-refractivity contribution in [2.75, 3.05) is 5.73 Å². The van der Waals surface area contributed by atoms with E-state index in [1.54, 1.807) is 0 Å². The molecule has 1 unspecified atom stereocenters. The summed E-state index contributed by atoms with van der Waals surface area (Å²) >= 11 is 1.83. The maximum Gasteiger partial charge on any atom is 0.0969 e. The molecule has 0 fully saturated rings. The molecule has 0 radical (unpaired) electrons. The number of rotatable bonds is 2. The normalized spacial score (nSPS) is 17.7. The molecule has 168 valence electrons. The second kappa shape index (κ2) is 7.73. The maximum absolute atomic E-state index is 10.2. The molecule has 0 saturated heterocycles. The summed E-state index contributed by atoms with van der Waals surface area (Å²) in [6.45, 7) is 0. The predicted molar refractivity (Wildman–Crippen MR) is 148 cm³/mol. The largest absolute Gasteiger partial charge is 0.399 e. The molecule has 0 amide bonds. The number of aromatic nitrogens is 1. The number of hydrogen-bond acceptors (Lipinski definition) is 3. The minimum atomic E-state index is 0.209. The van der Waals surface area contributed by atoms with Crippen molar-refractivity contribution in [2.24, 2.45) is 5.92 Å². The van der Waals surface area contributed by atoms with Crippen molar-refractivity contribution in [1.29, 1.82) is 5.26 Å². The molecular formula is C31H23N3S. The van der Waals surface area contributed by atoms with Crippen molar-refractivity contribution in [3.63, 3.8) is 0 Å². The number of anilines is 1. The highest BCUT2D eigenvalue weighted by atomic mass is 32.1. The number of nitriles is 1. The Hall–Kier alpha value is -4.07. The van der Waals surface area contributed by atoms with Crippen LogP contribution in [0.2, 0.25) is 0 Å². The maximum atomic E-state index is 10.2. The Kier molecular flexibility index (Phi) is 4.49. The van der Waals surface area contributed by atoms with Gasteiger partial charge in [0.1, 0.15) is 0 Å². The van der Waals surface area contributed by atoms with E-state index in [1.165, 1.54) is 36.9 Å². The van der Waals surface area contributed by atoms with Crippen LogP contribution in [0.1, 0.15) is 23.3 Å². The van der Waals surface area contributed by atoms with Gasteiger partial charge in [-0.1, -0.05) is 48.6 Å². The molecule has 2 N–H and O–H groups in total. The van der Waals surface area contributed by atoms with Crippen molar-refractivity contribution in [3.8, 4) is 6.07 Å². The lowest BCUT2D eigenvalue weighted by Crippen LogP contribution is -2.16. The summed E-state index contributed by atoms with van der Waals surface area (Å²) in [4.78, 5) is 1.32. The van der Waals surface area contributed by atoms with Crippen molar-refractivity contribution in [1.82, 2.24) is 4.57 Å². The van der Waals surface area contributed by atoms with Crippen LogP contribution < -0.4 is 5.73 Å². The average Bonchev–Trinajstić information content (AvgIpc) is 3.43. The van der Waals surface area contributed by atoms with Gasteiger partial charge in [0.25, 0.3) is 0 Å². The molecule has 35 heavy (non-hydrogen) atoms. The molecule has 4 heteroatoms. The van der Waals surface area contributed by atoms with E-state index in [1.807, 2.05) is 17.4 Å². The predicted octanol–water partition coefficient (Wildman–Crippen LogP) is 7.93. The Balaban J connectivity index is 1.43. The third kappa shape index (κ3) is 3.02. The van der Waals surface area contributed by atoms with E-state index in [4.69, 9.17) is 5.73 Å². The zero-order chi connectivity index (χ0) is 23.5. The number of nitrogens with two attached hydrogens (primary N) is 1. The molecular weight excluding hydrogens is 446 g/mol. The van der Waals surface area contributed by atoms with Gasteiger partial charge in [-0.15, -0.1) is 11.3 Å². The highest BCUT2D eigenvalue weighted by Gasteiger charge is 2.29. The zero-order valence-corrected chi connectivity index (χ0v) is 20.0. The van der Waals surface area contributed by atoms with Gasteiger partial charge in [-0.3, -0.25) is 0 Å². The van der Waals surface area contributed by atoms with Gasteiger partial charge in [0.2, 0.25) is 0 Å². The van der Waals surface area contributed by atoms with Gasteiger partial charge < -0.3 is 10.3 Å². The van der Waals surface area contributed by atoms with E-state index >= 15 is 0 Å². The highest BCUT2D eigenvalue weighted by molar-refractivity contribution is 7.20. The molecule has 5 aromatic rings. The minimum Gasteiger partial charge on any atom is -0.399 e. The van der Waals surface area contributed by atoms with Gasteiger partial charge in [-0.05, 0) is 72.2 Å². The van der Waals surface area contributed by atoms with Gasteiger partial charge in [-0.2, -0.15) is 5.26 Å². The summed E-state index contributed by atoms with van der Waals surface area (Å²) in [5.74, 6) is 0.209. The van der Waals surface area contributed by atoms with Crippen LogP contribution >= 0.6 is 11.3 Å². The van der Waals surface area contributed by atoms with Crippen molar-refractivity contribution < 1.29 is 0 Å². The molecule has 1 atom stereocenters. The molecule has 2 heterocycles. The van der Waals surface area contributed by atoms with E-state index in [-0.39, 0.29) is 5.92 Å². The van der Waals surface area contributed by atoms with Crippen LogP contribution in [0, 0.1) is 17.2 Å². The smallest absolute Gasteiger partial charge is 0.0969 e. The third-order valence-electron chi connectivity index (χ3n) is 7.41. The Morgan fingerprint density at radius 3 is 2.43 bits per heavy atom.